The van der Waals surface area contributed by atoms with Gasteiger partial charge in [0, 0.05) is 18.1 Å². The van der Waals surface area contributed by atoms with Gasteiger partial charge in [-0.05, 0) is 31.2 Å². The number of carbonyl (C=O) groups excluding carboxylic acids is 1. The van der Waals surface area contributed by atoms with Crippen molar-refractivity contribution in [1.82, 2.24) is 15.0 Å². The number of benzene rings is 1. The van der Waals surface area contributed by atoms with Crippen LogP contribution in [0.3, 0.4) is 0 Å². The molecule has 1 amide bonds. The summed E-state index contributed by atoms with van der Waals surface area (Å²) in [4.78, 5) is 29.0. The molecule has 0 unspecified atom stereocenters. The first-order chi connectivity index (χ1) is 12.1. The lowest BCUT2D eigenvalue weighted by Gasteiger charge is -2.12. The molecule has 0 fully saturated rings. The molecule has 0 saturated carbocycles. The first kappa shape index (κ1) is 16.4. The molecule has 0 aliphatic carbocycles. The molecule has 0 bridgehead atoms. The van der Waals surface area contributed by atoms with E-state index in [0.717, 1.165) is 0 Å². The molecule has 3 aromatic rings. The van der Waals surface area contributed by atoms with Crippen molar-refractivity contribution >= 4 is 23.0 Å². The number of fused-ring (bicyclic) bond motifs is 1. The molecule has 126 valence electrons. The normalized spacial score (nSPS) is 11.1. The maximum atomic E-state index is 12.6. The van der Waals surface area contributed by atoms with E-state index in [1.165, 1.54) is 10.8 Å². The van der Waals surface area contributed by atoms with E-state index in [1.807, 2.05) is 0 Å². The maximum Gasteiger partial charge on any atom is 0.280 e. The zero-order chi connectivity index (χ0) is 17.8. The van der Waals surface area contributed by atoms with Crippen molar-refractivity contribution in [3.63, 3.8) is 0 Å². The molecular weight excluding hydrogens is 320 g/mol. The topological polar surface area (TPSA) is 96.6 Å². The van der Waals surface area contributed by atoms with Gasteiger partial charge in [0.15, 0.2) is 0 Å². The molecule has 0 spiro atoms. The Morgan fingerprint density at radius 2 is 2.04 bits per heavy atom. The van der Waals surface area contributed by atoms with Crippen LogP contribution in [0.2, 0.25) is 0 Å². The van der Waals surface area contributed by atoms with Crippen LogP contribution in [0.1, 0.15) is 23.0 Å². The van der Waals surface area contributed by atoms with Crippen LogP contribution in [0.4, 0.5) is 0 Å². The fourth-order valence-electron chi connectivity index (χ4n) is 2.57. The number of hydrogen-bond acceptors (Lipinski definition) is 5. The number of rotatable bonds is 4. The van der Waals surface area contributed by atoms with Crippen LogP contribution in [0.5, 0.6) is 5.75 Å². The van der Waals surface area contributed by atoms with Gasteiger partial charge in [0.05, 0.1) is 17.4 Å². The molecule has 0 saturated heterocycles. The number of aromatic nitrogens is 2. The first-order valence-electron chi connectivity index (χ1n) is 7.72. The van der Waals surface area contributed by atoms with Crippen molar-refractivity contribution in [3.8, 4) is 5.75 Å². The summed E-state index contributed by atoms with van der Waals surface area (Å²) < 4.78 is 1.44. The number of hydrogen-bond donors (Lipinski definition) is 2. The van der Waals surface area contributed by atoms with Gasteiger partial charge in [0.25, 0.3) is 11.5 Å². The zero-order valence-corrected chi connectivity index (χ0v) is 13.5. The molecule has 0 aliphatic rings. The molecule has 0 atom stereocenters. The standard InChI is InChI=1S/C18H16N4O3/c1-2-22-14-9-4-3-8-13(14)16(23)15(18(22)25)17(24)21-20-11-12-7-5-6-10-19-12/h3-11,23H,2H2,1H3,(H,21,24). The third-order valence-electron chi connectivity index (χ3n) is 3.74. The van der Waals surface area contributed by atoms with E-state index >= 15 is 0 Å². The molecule has 25 heavy (non-hydrogen) atoms. The van der Waals surface area contributed by atoms with E-state index in [2.05, 4.69) is 15.5 Å². The molecule has 0 aliphatic heterocycles. The highest BCUT2D eigenvalue weighted by molar-refractivity contribution is 6.02. The molecule has 1 aromatic carbocycles. The summed E-state index contributed by atoms with van der Waals surface area (Å²) in [7, 11) is 0. The van der Waals surface area contributed by atoms with E-state index in [0.29, 0.717) is 23.1 Å². The number of carbonyl (C=O) groups is 1. The van der Waals surface area contributed by atoms with Crippen LogP contribution in [0, 0.1) is 0 Å². The van der Waals surface area contributed by atoms with E-state index in [-0.39, 0.29) is 11.3 Å². The van der Waals surface area contributed by atoms with Gasteiger partial charge in [-0.15, -0.1) is 0 Å². The number of hydrazone groups is 1. The highest BCUT2D eigenvalue weighted by Crippen LogP contribution is 2.26. The number of aryl methyl sites for hydroxylation is 1. The highest BCUT2D eigenvalue weighted by atomic mass is 16.3. The van der Waals surface area contributed by atoms with Crippen molar-refractivity contribution in [2.75, 3.05) is 0 Å². The Kier molecular flexibility index (Phi) is 4.56. The van der Waals surface area contributed by atoms with Gasteiger partial charge in [0.2, 0.25) is 0 Å². The molecular formula is C18H16N4O3. The lowest BCUT2D eigenvalue weighted by Crippen LogP contribution is -2.31. The second-order valence-corrected chi connectivity index (χ2v) is 5.24. The van der Waals surface area contributed by atoms with Gasteiger partial charge >= 0.3 is 0 Å². The minimum atomic E-state index is -0.775. The van der Waals surface area contributed by atoms with E-state index in [4.69, 9.17) is 0 Å². The Morgan fingerprint density at radius 1 is 1.28 bits per heavy atom. The molecule has 2 aromatic heterocycles. The number of nitrogens with one attached hydrogen (secondary N) is 1. The Bertz CT molecular complexity index is 1010. The van der Waals surface area contributed by atoms with Crippen molar-refractivity contribution in [3.05, 3.63) is 70.3 Å². The monoisotopic (exact) mass is 336 g/mol. The molecule has 3 rings (SSSR count). The predicted octanol–water partition coefficient (Wildman–Crippen LogP) is 1.89. The van der Waals surface area contributed by atoms with E-state index < -0.39 is 11.5 Å². The summed E-state index contributed by atoms with van der Waals surface area (Å²) in [5, 5.41) is 14.6. The van der Waals surface area contributed by atoms with Gasteiger partial charge in [-0.3, -0.25) is 14.6 Å². The molecule has 7 nitrogen and oxygen atoms in total. The lowest BCUT2D eigenvalue weighted by molar-refractivity contribution is 0.0950. The smallest absolute Gasteiger partial charge is 0.280 e. The van der Waals surface area contributed by atoms with Gasteiger partial charge in [-0.2, -0.15) is 5.10 Å². The van der Waals surface area contributed by atoms with Crippen LogP contribution < -0.4 is 11.0 Å². The van der Waals surface area contributed by atoms with Crippen molar-refractivity contribution in [2.24, 2.45) is 5.10 Å². The summed E-state index contributed by atoms with van der Waals surface area (Å²) >= 11 is 0. The summed E-state index contributed by atoms with van der Waals surface area (Å²) in [5.74, 6) is -1.13. The molecule has 2 N–H and O–H groups in total. The second kappa shape index (κ2) is 6.96. The Morgan fingerprint density at radius 3 is 2.76 bits per heavy atom. The maximum absolute atomic E-state index is 12.6. The Hall–Kier alpha value is -3.48. The van der Waals surface area contributed by atoms with Gasteiger partial charge < -0.3 is 9.67 Å². The SMILES string of the molecule is CCn1c(=O)c(C(=O)NN=Cc2ccccn2)c(O)c2ccccc21. The third-order valence-corrected chi connectivity index (χ3v) is 3.74. The molecule has 7 heteroatoms. The quantitative estimate of drug-likeness (QED) is 0.561. The number of aromatic hydroxyl groups is 1. The minimum absolute atomic E-state index is 0.335. The van der Waals surface area contributed by atoms with Crippen molar-refractivity contribution in [2.45, 2.75) is 13.5 Å². The lowest BCUT2D eigenvalue weighted by atomic mass is 10.1. The van der Waals surface area contributed by atoms with Crippen LogP contribution >= 0.6 is 0 Å². The summed E-state index contributed by atoms with van der Waals surface area (Å²) in [6, 6.07) is 12.1. The number of amides is 1. The summed E-state index contributed by atoms with van der Waals surface area (Å²) in [5.41, 5.74) is 2.48. The van der Waals surface area contributed by atoms with Crippen LogP contribution in [-0.4, -0.2) is 26.8 Å². The second-order valence-electron chi connectivity index (χ2n) is 5.24. The molecule has 2 heterocycles. The van der Waals surface area contributed by atoms with Crippen LogP contribution in [-0.2, 0) is 6.54 Å². The zero-order valence-electron chi connectivity index (χ0n) is 13.5. The third kappa shape index (κ3) is 3.12. The molecule has 0 radical (unpaired) electrons. The van der Waals surface area contributed by atoms with Gasteiger partial charge in [-0.25, -0.2) is 5.43 Å². The largest absolute Gasteiger partial charge is 0.506 e. The predicted molar refractivity (Wildman–Crippen MR) is 94.8 cm³/mol. The fraction of sp³-hybridized carbons (Fsp3) is 0.111. The summed E-state index contributed by atoms with van der Waals surface area (Å²) in [6.45, 7) is 2.17. The van der Waals surface area contributed by atoms with Gasteiger partial charge in [0.1, 0.15) is 11.3 Å². The van der Waals surface area contributed by atoms with Crippen LogP contribution in [0.15, 0.2) is 58.6 Å². The number of pyridine rings is 2. The van der Waals surface area contributed by atoms with Crippen LogP contribution in [0.25, 0.3) is 10.9 Å². The first-order valence-corrected chi connectivity index (χ1v) is 7.72. The average molecular weight is 336 g/mol. The Labute approximate surface area is 143 Å². The average Bonchev–Trinajstić information content (AvgIpc) is 2.63. The fourth-order valence-corrected chi connectivity index (χ4v) is 2.57. The van der Waals surface area contributed by atoms with Gasteiger partial charge in [-0.1, -0.05) is 18.2 Å². The van der Waals surface area contributed by atoms with Crippen molar-refractivity contribution in [1.29, 1.82) is 0 Å². The number of nitrogens with zero attached hydrogens (tertiary/aromatic N) is 3. The van der Waals surface area contributed by atoms with E-state index in [9.17, 15) is 14.7 Å². The number of para-hydroxylation sites is 1. The summed E-state index contributed by atoms with van der Waals surface area (Å²) in [6.07, 6.45) is 2.95. The minimum Gasteiger partial charge on any atom is -0.506 e. The van der Waals surface area contributed by atoms with E-state index in [1.54, 1.807) is 55.6 Å². The Balaban J connectivity index is 1.99. The highest BCUT2D eigenvalue weighted by Gasteiger charge is 2.21. The van der Waals surface area contributed by atoms with Crippen molar-refractivity contribution < 1.29 is 9.90 Å².